The Morgan fingerprint density at radius 3 is 2.76 bits per heavy atom. The van der Waals surface area contributed by atoms with Gasteiger partial charge in [-0.2, -0.15) is 5.10 Å². The molecule has 0 bridgehead atoms. The number of nitrogens with zero attached hydrogens (tertiary/aromatic N) is 2. The van der Waals surface area contributed by atoms with Gasteiger partial charge in [-0.1, -0.05) is 23.7 Å². The van der Waals surface area contributed by atoms with Crippen molar-refractivity contribution >= 4 is 11.6 Å². The zero-order valence-corrected chi connectivity index (χ0v) is 10.6. The highest BCUT2D eigenvalue weighted by atomic mass is 35.5. The zero-order chi connectivity index (χ0) is 12.4. The van der Waals surface area contributed by atoms with E-state index in [4.69, 9.17) is 17.4 Å². The first-order valence-corrected chi connectivity index (χ1v) is 5.72. The van der Waals surface area contributed by atoms with Crippen molar-refractivity contribution < 1.29 is 0 Å². The molecule has 17 heavy (non-hydrogen) atoms. The van der Waals surface area contributed by atoms with E-state index in [-0.39, 0.29) is 6.04 Å². The average molecular weight is 251 g/mol. The van der Waals surface area contributed by atoms with Crippen LogP contribution >= 0.6 is 11.6 Å². The van der Waals surface area contributed by atoms with Crippen molar-refractivity contribution in [2.45, 2.75) is 13.0 Å². The molecule has 1 heterocycles. The minimum absolute atomic E-state index is 0.144. The first-order chi connectivity index (χ1) is 8.13. The highest BCUT2D eigenvalue weighted by Gasteiger charge is 2.17. The van der Waals surface area contributed by atoms with Gasteiger partial charge >= 0.3 is 0 Å². The Morgan fingerprint density at radius 1 is 1.41 bits per heavy atom. The molecule has 0 saturated carbocycles. The van der Waals surface area contributed by atoms with Crippen molar-refractivity contribution in [1.82, 2.24) is 15.2 Å². The van der Waals surface area contributed by atoms with Crippen molar-refractivity contribution in [3.63, 3.8) is 0 Å². The molecule has 0 aliphatic carbocycles. The van der Waals surface area contributed by atoms with Gasteiger partial charge in [0, 0.05) is 18.3 Å². The van der Waals surface area contributed by atoms with Crippen LogP contribution in [-0.4, -0.2) is 9.78 Å². The molecule has 0 spiro atoms. The van der Waals surface area contributed by atoms with Crippen molar-refractivity contribution in [2.75, 3.05) is 0 Å². The van der Waals surface area contributed by atoms with Crippen LogP contribution < -0.4 is 11.3 Å². The predicted octanol–water partition coefficient (Wildman–Crippen LogP) is 1.93. The Bertz CT molecular complexity index is 521. The first-order valence-electron chi connectivity index (χ1n) is 5.34. The van der Waals surface area contributed by atoms with Gasteiger partial charge in [-0.3, -0.25) is 10.5 Å². The molecule has 3 N–H and O–H groups in total. The van der Waals surface area contributed by atoms with Crippen molar-refractivity contribution in [3.8, 4) is 0 Å². The first kappa shape index (κ1) is 12.1. The van der Waals surface area contributed by atoms with Crippen LogP contribution in [0.5, 0.6) is 0 Å². The fraction of sp³-hybridized carbons (Fsp3) is 0.250. The van der Waals surface area contributed by atoms with E-state index in [0.29, 0.717) is 0 Å². The second kappa shape index (κ2) is 4.87. The Balaban J connectivity index is 2.45. The highest BCUT2D eigenvalue weighted by Crippen LogP contribution is 2.27. The quantitative estimate of drug-likeness (QED) is 0.647. The molecule has 0 radical (unpaired) electrons. The fourth-order valence-electron chi connectivity index (χ4n) is 1.86. The SMILES string of the molecule is Cc1c(Cl)cccc1C(NN)c1ccn(C)n1. The summed E-state index contributed by atoms with van der Waals surface area (Å²) >= 11 is 6.11. The number of halogens is 1. The number of hydrazine groups is 1. The molecule has 1 aromatic carbocycles. The van der Waals surface area contributed by atoms with Gasteiger partial charge in [0.2, 0.25) is 0 Å². The number of rotatable bonds is 3. The Morgan fingerprint density at radius 2 is 2.18 bits per heavy atom. The number of hydrogen-bond donors (Lipinski definition) is 2. The summed E-state index contributed by atoms with van der Waals surface area (Å²) in [7, 11) is 1.88. The number of nitrogens with one attached hydrogen (secondary N) is 1. The monoisotopic (exact) mass is 250 g/mol. The molecular formula is C12H15ClN4. The molecule has 0 amide bonds. The second-order valence-electron chi connectivity index (χ2n) is 3.97. The van der Waals surface area contributed by atoms with Crippen LogP contribution in [0.1, 0.15) is 22.9 Å². The number of benzene rings is 1. The largest absolute Gasteiger partial charge is 0.275 e. The van der Waals surface area contributed by atoms with Crippen LogP contribution in [0.2, 0.25) is 5.02 Å². The minimum atomic E-state index is -0.144. The minimum Gasteiger partial charge on any atom is -0.275 e. The Labute approximate surface area is 105 Å². The molecule has 1 aromatic heterocycles. The summed E-state index contributed by atoms with van der Waals surface area (Å²) in [4.78, 5) is 0. The molecule has 5 heteroatoms. The summed E-state index contributed by atoms with van der Waals surface area (Å²) < 4.78 is 1.75. The van der Waals surface area contributed by atoms with Gasteiger partial charge in [0.15, 0.2) is 0 Å². The van der Waals surface area contributed by atoms with E-state index in [2.05, 4.69) is 10.5 Å². The number of nitrogens with two attached hydrogens (primary N) is 1. The maximum Gasteiger partial charge on any atom is 0.0903 e. The van der Waals surface area contributed by atoms with Gasteiger partial charge in [0.25, 0.3) is 0 Å². The van der Waals surface area contributed by atoms with Crippen molar-refractivity contribution in [3.05, 3.63) is 52.3 Å². The molecule has 2 aromatic rings. The zero-order valence-electron chi connectivity index (χ0n) is 9.81. The summed E-state index contributed by atoms with van der Waals surface area (Å²) in [6, 6.07) is 7.57. The topological polar surface area (TPSA) is 55.9 Å². The van der Waals surface area contributed by atoms with Gasteiger partial charge in [-0.05, 0) is 30.2 Å². The standard InChI is InChI=1S/C12H15ClN4/c1-8-9(4-3-5-10(8)13)12(15-14)11-6-7-17(2)16-11/h3-7,12,15H,14H2,1-2H3. The summed E-state index contributed by atoms with van der Waals surface area (Å²) in [5.41, 5.74) is 5.71. The molecule has 2 rings (SSSR count). The van der Waals surface area contributed by atoms with E-state index in [1.807, 2.05) is 44.4 Å². The molecule has 0 aliphatic rings. The van der Waals surface area contributed by atoms with Crippen molar-refractivity contribution in [1.29, 1.82) is 0 Å². The normalized spacial score (nSPS) is 12.7. The summed E-state index contributed by atoms with van der Waals surface area (Å²) in [6.07, 6.45) is 1.89. The number of aromatic nitrogens is 2. The molecule has 0 aliphatic heterocycles. The van der Waals surface area contributed by atoms with Gasteiger partial charge in [-0.25, -0.2) is 5.43 Å². The van der Waals surface area contributed by atoms with Crippen LogP contribution in [0.25, 0.3) is 0 Å². The number of aryl methyl sites for hydroxylation is 1. The Kier molecular flexibility index (Phi) is 3.47. The average Bonchev–Trinajstić information content (AvgIpc) is 2.72. The lowest BCUT2D eigenvalue weighted by molar-refractivity contribution is 0.601. The Hall–Kier alpha value is -1.36. The molecule has 1 atom stereocenters. The van der Waals surface area contributed by atoms with Crippen LogP contribution in [0, 0.1) is 6.92 Å². The van der Waals surface area contributed by atoms with E-state index in [1.54, 1.807) is 4.68 Å². The van der Waals surface area contributed by atoms with E-state index in [9.17, 15) is 0 Å². The van der Waals surface area contributed by atoms with Gasteiger partial charge in [0.1, 0.15) is 0 Å². The van der Waals surface area contributed by atoms with Crippen LogP contribution in [-0.2, 0) is 7.05 Å². The predicted molar refractivity (Wildman–Crippen MR) is 68.6 cm³/mol. The number of hydrogen-bond acceptors (Lipinski definition) is 3. The second-order valence-corrected chi connectivity index (χ2v) is 4.38. The third-order valence-electron chi connectivity index (χ3n) is 2.82. The molecular weight excluding hydrogens is 236 g/mol. The van der Waals surface area contributed by atoms with Gasteiger partial charge in [-0.15, -0.1) is 0 Å². The molecule has 4 nitrogen and oxygen atoms in total. The van der Waals surface area contributed by atoms with Gasteiger partial charge in [0.05, 0.1) is 11.7 Å². The highest BCUT2D eigenvalue weighted by molar-refractivity contribution is 6.31. The molecule has 90 valence electrons. The molecule has 0 fully saturated rings. The third-order valence-corrected chi connectivity index (χ3v) is 3.23. The van der Waals surface area contributed by atoms with E-state index >= 15 is 0 Å². The third kappa shape index (κ3) is 2.34. The van der Waals surface area contributed by atoms with E-state index in [0.717, 1.165) is 21.8 Å². The fourth-order valence-corrected chi connectivity index (χ4v) is 2.04. The summed E-state index contributed by atoms with van der Waals surface area (Å²) in [5.74, 6) is 5.62. The van der Waals surface area contributed by atoms with E-state index in [1.165, 1.54) is 0 Å². The lowest BCUT2D eigenvalue weighted by Gasteiger charge is -2.17. The summed E-state index contributed by atoms with van der Waals surface area (Å²) in [6.45, 7) is 1.98. The lowest BCUT2D eigenvalue weighted by Crippen LogP contribution is -2.29. The smallest absolute Gasteiger partial charge is 0.0903 e. The van der Waals surface area contributed by atoms with Crippen molar-refractivity contribution in [2.24, 2.45) is 12.9 Å². The van der Waals surface area contributed by atoms with Gasteiger partial charge < -0.3 is 0 Å². The van der Waals surface area contributed by atoms with Crippen LogP contribution in [0.4, 0.5) is 0 Å². The summed E-state index contributed by atoms with van der Waals surface area (Å²) in [5, 5.41) is 5.09. The molecule has 0 saturated heterocycles. The maximum atomic E-state index is 6.11. The maximum absolute atomic E-state index is 6.11. The lowest BCUT2D eigenvalue weighted by atomic mass is 9.99. The van der Waals surface area contributed by atoms with Crippen LogP contribution in [0.3, 0.4) is 0 Å². The van der Waals surface area contributed by atoms with E-state index < -0.39 is 0 Å². The molecule has 1 unspecified atom stereocenters. The van der Waals surface area contributed by atoms with Crippen LogP contribution in [0.15, 0.2) is 30.5 Å².